The summed E-state index contributed by atoms with van der Waals surface area (Å²) in [4.78, 5) is 37.5. The van der Waals surface area contributed by atoms with E-state index >= 15 is 0 Å². The zero-order valence-corrected chi connectivity index (χ0v) is 20.2. The molecule has 2 aliphatic heterocycles. The number of fused-ring (bicyclic) bond motifs is 3. The average Bonchev–Trinajstić information content (AvgIpc) is 3.25. The number of aliphatic imine (C=N–C) groups is 2. The van der Waals surface area contributed by atoms with E-state index < -0.39 is 11.3 Å². The Morgan fingerprint density at radius 2 is 1.86 bits per heavy atom. The van der Waals surface area contributed by atoms with Gasteiger partial charge >= 0.3 is 0 Å². The fourth-order valence-electron chi connectivity index (χ4n) is 4.01. The first-order valence-corrected chi connectivity index (χ1v) is 12.1. The number of thioether (sulfide) groups is 1. The van der Waals surface area contributed by atoms with Crippen LogP contribution in [0, 0.1) is 0 Å². The van der Waals surface area contributed by atoms with Crippen LogP contribution in [0.3, 0.4) is 0 Å². The largest absolute Gasteiger partial charge is 0.497 e. The first kappa shape index (κ1) is 22.9. The molecule has 0 aromatic heterocycles. The fraction of sp³-hybridized carbons (Fsp3) is 0.185. The van der Waals surface area contributed by atoms with Crippen molar-refractivity contribution < 1.29 is 14.3 Å². The summed E-state index contributed by atoms with van der Waals surface area (Å²) in [6, 6.07) is 24.0. The molecule has 2 heterocycles. The second-order valence-electron chi connectivity index (χ2n) is 8.18. The molecule has 1 N–H and O–H groups in total. The molecule has 0 saturated heterocycles. The molecule has 8 heteroatoms. The minimum atomic E-state index is -0.639. The SMILES string of the molecule is COc1cccc(CNC(=O)[C@H](C)SC2=Nc3ccccc3C3=N[C@@H](c4ccccc4)C(=O)N23)c1. The Balaban J connectivity index is 1.36. The molecule has 176 valence electrons. The average molecular weight is 485 g/mol. The molecule has 35 heavy (non-hydrogen) atoms. The van der Waals surface area contributed by atoms with Crippen molar-refractivity contribution in [3.63, 3.8) is 0 Å². The van der Waals surface area contributed by atoms with Crippen molar-refractivity contribution in [1.82, 2.24) is 10.2 Å². The molecule has 3 aromatic carbocycles. The molecular formula is C27H24N4O3S. The van der Waals surface area contributed by atoms with Gasteiger partial charge in [0.05, 0.1) is 18.0 Å². The molecule has 3 aromatic rings. The quantitative estimate of drug-likeness (QED) is 0.560. The van der Waals surface area contributed by atoms with Gasteiger partial charge in [-0.15, -0.1) is 0 Å². The van der Waals surface area contributed by atoms with Crippen molar-refractivity contribution in [3.8, 4) is 5.75 Å². The van der Waals surface area contributed by atoms with Gasteiger partial charge in [-0.2, -0.15) is 0 Å². The van der Waals surface area contributed by atoms with Crippen molar-refractivity contribution in [1.29, 1.82) is 0 Å². The van der Waals surface area contributed by atoms with Crippen molar-refractivity contribution in [2.45, 2.75) is 24.8 Å². The summed E-state index contributed by atoms with van der Waals surface area (Å²) in [5.74, 6) is 0.989. The summed E-state index contributed by atoms with van der Waals surface area (Å²) in [5.41, 5.74) is 3.30. The van der Waals surface area contributed by atoms with Gasteiger partial charge in [-0.25, -0.2) is 14.9 Å². The lowest BCUT2D eigenvalue weighted by Crippen LogP contribution is -2.41. The summed E-state index contributed by atoms with van der Waals surface area (Å²) < 4.78 is 5.25. The maximum atomic E-state index is 13.5. The Hall–Kier alpha value is -3.91. The van der Waals surface area contributed by atoms with Crippen molar-refractivity contribution in [2.24, 2.45) is 9.98 Å². The number of para-hydroxylation sites is 1. The normalized spacial score (nSPS) is 17.1. The molecule has 0 fully saturated rings. The first-order chi connectivity index (χ1) is 17.0. The smallest absolute Gasteiger partial charge is 0.263 e. The number of ether oxygens (including phenoxy) is 1. The minimum absolute atomic E-state index is 0.149. The highest BCUT2D eigenvalue weighted by Gasteiger charge is 2.42. The molecule has 2 amide bonds. The van der Waals surface area contributed by atoms with Crippen LogP contribution in [0.25, 0.3) is 0 Å². The lowest BCUT2D eigenvalue weighted by Gasteiger charge is -2.26. The lowest BCUT2D eigenvalue weighted by atomic mass is 10.1. The third-order valence-electron chi connectivity index (χ3n) is 5.84. The van der Waals surface area contributed by atoms with Crippen molar-refractivity contribution in [3.05, 3.63) is 95.6 Å². The van der Waals surface area contributed by atoms with E-state index in [2.05, 4.69) is 5.32 Å². The molecule has 2 aliphatic rings. The standard InChI is InChI=1S/C27H24N4O3S/c1-17(25(32)28-16-18-9-8-12-20(15-18)34-2)35-27-29-22-14-7-6-13-21(22)24-30-23(26(33)31(24)27)19-10-4-3-5-11-19/h3-15,17,23H,16H2,1-2H3,(H,28,32)/t17-,23-/m0/s1. The lowest BCUT2D eigenvalue weighted by molar-refractivity contribution is -0.124. The Morgan fingerprint density at radius 1 is 1.09 bits per heavy atom. The summed E-state index contributed by atoms with van der Waals surface area (Å²) in [6.07, 6.45) is 0. The maximum absolute atomic E-state index is 13.5. The molecule has 0 saturated carbocycles. The maximum Gasteiger partial charge on any atom is 0.263 e. The predicted molar refractivity (Wildman–Crippen MR) is 138 cm³/mol. The summed E-state index contributed by atoms with van der Waals surface area (Å²) in [7, 11) is 1.61. The number of carbonyl (C=O) groups is 2. The van der Waals surface area contributed by atoms with Gasteiger partial charge in [0.2, 0.25) is 5.91 Å². The summed E-state index contributed by atoms with van der Waals surface area (Å²) in [5, 5.41) is 2.94. The number of carbonyl (C=O) groups excluding carboxylic acids is 2. The van der Waals surface area contributed by atoms with E-state index in [0.717, 1.165) is 28.1 Å². The van der Waals surface area contributed by atoms with Gasteiger partial charge in [0.15, 0.2) is 11.2 Å². The highest BCUT2D eigenvalue weighted by Crippen LogP contribution is 2.38. The van der Waals surface area contributed by atoms with Gasteiger partial charge in [0, 0.05) is 12.1 Å². The number of rotatable bonds is 6. The highest BCUT2D eigenvalue weighted by molar-refractivity contribution is 8.15. The van der Waals surface area contributed by atoms with Crippen LogP contribution in [0.15, 0.2) is 88.8 Å². The van der Waals surface area contributed by atoms with E-state index in [1.807, 2.05) is 78.9 Å². The molecule has 0 aliphatic carbocycles. The third-order valence-corrected chi connectivity index (χ3v) is 6.89. The van der Waals surface area contributed by atoms with Gasteiger partial charge in [0.25, 0.3) is 5.91 Å². The van der Waals surface area contributed by atoms with Gasteiger partial charge in [0.1, 0.15) is 11.6 Å². The molecule has 5 rings (SSSR count). The van der Waals surface area contributed by atoms with Crippen molar-refractivity contribution in [2.75, 3.05) is 7.11 Å². The van der Waals surface area contributed by atoms with Crippen LogP contribution in [-0.2, 0) is 16.1 Å². The van der Waals surface area contributed by atoms with E-state index in [-0.39, 0.29) is 11.8 Å². The summed E-state index contributed by atoms with van der Waals surface area (Å²) in [6.45, 7) is 2.18. The van der Waals surface area contributed by atoms with Gasteiger partial charge in [-0.3, -0.25) is 9.59 Å². The fourth-order valence-corrected chi connectivity index (χ4v) is 4.95. The molecular weight excluding hydrogens is 460 g/mol. The van der Waals surface area contributed by atoms with Gasteiger partial charge in [-0.1, -0.05) is 66.4 Å². The molecule has 0 spiro atoms. The van der Waals surface area contributed by atoms with Gasteiger partial charge in [-0.05, 0) is 42.3 Å². The van der Waals surface area contributed by atoms with Crippen LogP contribution in [0.5, 0.6) is 5.75 Å². The Kier molecular flexibility index (Phi) is 6.37. The molecule has 0 radical (unpaired) electrons. The Labute approximate surface area is 207 Å². The number of hydrogen-bond donors (Lipinski definition) is 1. The second-order valence-corrected chi connectivity index (χ2v) is 9.49. The van der Waals surface area contributed by atoms with E-state index in [4.69, 9.17) is 14.7 Å². The van der Waals surface area contributed by atoms with E-state index in [1.54, 1.807) is 18.9 Å². The number of benzene rings is 3. The van der Waals surface area contributed by atoms with E-state index in [1.165, 1.54) is 11.8 Å². The number of amidine groups is 2. The van der Waals surface area contributed by atoms with Crippen LogP contribution in [-0.4, -0.2) is 40.1 Å². The molecule has 0 unspecified atom stereocenters. The number of amides is 2. The van der Waals surface area contributed by atoms with Crippen LogP contribution >= 0.6 is 11.8 Å². The van der Waals surface area contributed by atoms with Gasteiger partial charge < -0.3 is 10.1 Å². The minimum Gasteiger partial charge on any atom is -0.497 e. The first-order valence-electron chi connectivity index (χ1n) is 11.3. The Bertz CT molecular complexity index is 1340. The molecule has 2 atom stereocenters. The third kappa shape index (κ3) is 4.57. The number of hydrogen-bond acceptors (Lipinski definition) is 6. The summed E-state index contributed by atoms with van der Waals surface area (Å²) >= 11 is 1.25. The number of methoxy groups -OCH3 is 1. The predicted octanol–water partition coefficient (Wildman–Crippen LogP) is 4.46. The number of nitrogens with zero attached hydrogens (tertiary/aromatic N) is 3. The zero-order valence-electron chi connectivity index (χ0n) is 19.3. The zero-order chi connectivity index (χ0) is 24.4. The Morgan fingerprint density at radius 3 is 2.66 bits per heavy atom. The molecule has 7 nitrogen and oxygen atoms in total. The van der Waals surface area contributed by atoms with Crippen LogP contribution < -0.4 is 10.1 Å². The van der Waals surface area contributed by atoms with E-state index in [0.29, 0.717) is 17.5 Å². The van der Waals surface area contributed by atoms with Crippen LogP contribution in [0.4, 0.5) is 5.69 Å². The van der Waals surface area contributed by atoms with E-state index in [9.17, 15) is 9.59 Å². The monoisotopic (exact) mass is 484 g/mol. The molecule has 0 bridgehead atoms. The van der Waals surface area contributed by atoms with Crippen LogP contribution in [0.1, 0.15) is 29.7 Å². The highest BCUT2D eigenvalue weighted by atomic mass is 32.2. The second kappa shape index (κ2) is 9.76. The number of nitrogens with one attached hydrogen (secondary N) is 1. The van der Waals surface area contributed by atoms with Crippen LogP contribution in [0.2, 0.25) is 0 Å². The topological polar surface area (TPSA) is 83.4 Å². The van der Waals surface area contributed by atoms with Crippen molar-refractivity contribution >= 4 is 40.3 Å².